The third-order valence-corrected chi connectivity index (χ3v) is 6.33. The van der Waals surface area contributed by atoms with E-state index in [-0.39, 0.29) is 11.5 Å². The lowest BCUT2D eigenvalue weighted by atomic mass is 9.81. The first kappa shape index (κ1) is 16.6. The van der Waals surface area contributed by atoms with Crippen molar-refractivity contribution in [2.24, 2.45) is 11.3 Å². The molecule has 25 heavy (non-hydrogen) atoms. The van der Waals surface area contributed by atoms with Crippen LogP contribution in [0.2, 0.25) is 0 Å². The van der Waals surface area contributed by atoms with Gasteiger partial charge in [0.05, 0.1) is 23.2 Å². The van der Waals surface area contributed by atoms with Crippen LogP contribution in [0.15, 0.2) is 23.6 Å². The average Bonchev–Trinajstić information content (AvgIpc) is 3.22. The normalized spacial score (nSPS) is 26.1. The van der Waals surface area contributed by atoms with E-state index in [1.54, 1.807) is 5.38 Å². The van der Waals surface area contributed by atoms with Crippen LogP contribution in [-0.4, -0.2) is 34.0 Å². The number of aliphatic carboxylic acids is 1. The van der Waals surface area contributed by atoms with E-state index >= 15 is 0 Å². The maximum atomic E-state index is 13.9. The van der Waals surface area contributed by atoms with Crippen molar-refractivity contribution in [3.63, 3.8) is 0 Å². The molecule has 1 saturated carbocycles. The lowest BCUT2D eigenvalue weighted by Crippen LogP contribution is -2.35. The fourth-order valence-electron chi connectivity index (χ4n) is 4.30. The van der Waals surface area contributed by atoms with E-state index in [4.69, 9.17) is 0 Å². The van der Waals surface area contributed by atoms with Gasteiger partial charge in [0.1, 0.15) is 16.6 Å². The highest BCUT2D eigenvalue weighted by Crippen LogP contribution is 2.49. The Balaban J connectivity index is 1.52. The number of carboxylic acids is 1. The molecule has 4 nitrogen and oxygen atoms in total. The minimum Gasteiger partial charge on any atom is -0.481 e. The molecule has 4 rings (SSSR count). The second-order valence-corrected chi connectivity index (χ2v) is 7.89. The van der Waals surface area contributed by atoms with Crippen LogP contribution < -0.4 is 0 Å². The Bertz CT molecular complexity index is 805. The lowest BCUT2D eigenvalue weighted by Gasteiger charge is -2.23. The highest BCUT2D eigenvalue weighted by Gasteiger charge is 2.54. The monoisotopic (exact) mass is 364 g/mol. The standard InChI is InChI=1S/C18H18F2N2O2S/c19-12-4-1-5-13(20)16(12)14-9-25-15(21-14)8-22-7-11-3-2-6-18(11,10-22)17(23)24/h1,4-5,9,11H,2-3,6-8,10H2,(H,23,24)/t11-,18+/m0/s1. The minimum absolute atomic E-state index is 0.106. The van der Waals surface area contributed by atoms with E-state index in [1.165, 1.54) is 29.5 Å². The van der Waals surface area contributed by atoms with Crippen LogP contribution in [-0.2, 0) is 11.3 Å². The van der Waals surface area contributed by atoms with E-state index in [9.17, 15) is 18.7 Å². The molecule has 1 aliphatic carbocycles. The van der Waals surface area contributed by atoms with Crippen molar-refractivity contribution >= 4 is 17.3 Å². The molecule has 1 N–H and O–H groups in total. The number of benzene rings is 1. The zero-order chi connectivity index (χ0) is 17.6. The fraction of sp³-hybridized carbons (Fsp3) is 0.444. The van der Waals surface area contributed by atoms with Gasteiger partial charge >= 0.3 is 5.97 Å². The minimum atomic E-state index is -0.703. The molecule has 0 bridgehead atoms. The molecule has 2 fully saturated rings. The van der Waals surface area contributed by atoms with E-state index in [0.29, 0.717) is 18.8 Å². The summed E-state index contributed by atoms with van der Waals surface area (Å²) in [6.45, 7) is 1.79. The zero-order valence-electron chi connectivity index (χ0n) is 13.5. The number of hydrogen-bond acceptors (Lipinski definition) is 4. The van der Waals surface area contributed by atoms with Crippen LogP contribution in [0, 0.1) is 23.0 Å². The number of rotatable bonds is 4. The summed E-state index contributed by atoms with van der Waals surface area (Å²) in [6.07, 6.45) is 2.65. The number of likely N-dealkylation sites (tertiary alicyclic amines) is 1. The van der Waals surface area contributed by atoms with E-state index in [2.05, 4.69) is 9.88 Å². The van der Waals surface area contributed by atoms with Gasteiger partial charge in [-0.3, -0.25) is 9.69 Å². The van der Waals surface area contributed by atoms with Crippen LogP contribution >= 0.6 is 11.3 Å². The van der Waals surface area contributed by atoms with Gasteiger partial charge in [-0.15, -0.1) is 11.3 Å². The Morgan fingerprint density at radius 3 is 2.84 bits per heavy atom. The number of halogens is 2. The van der Waals surface area contributed by atoms with Crippen molar-refractivity contribution in [1.82, 2.24) is 9.88 Å². The molecular formula is C18H18F2N2O2S. The summed E-state index contributed by atoms with van der Waals surface area (Å²) in [7, 11) is 0. The number of carboxylic acid groups (broad SMARTS) is 1. The summed E-state index contributed by atoms with van der Waals surface area (Å²) < 4.78 is 27.8. The number of hydrogen-bond donors (Lipinski definition) is 1. The van der Waals surface area contributed by atoms with Crippen LogP contribution in [0.3, 0.4) is 0 Å². The molecule has 0 spiro atoms. The lowest BCUT2D eigenvalue weighted by molar-refractivity contribution is -0.149. The van der Waals surface area contributed by atoms with Gasteiger partial charge in [0.25, 0.3) is 0 Å². The molecule has 132 valence electrons. The molecule has 7 heteroatoms. The SMILES string of the molecule is O=C(O)[C@@]12CCC[C@H]1CN(Cc1nc(-c3c(F)cccc3F)cs1)C2. The zero-order valence-corrected chi connectivity index (χ0v) is 14.4. The highest BCUT2D eigenvalue weighted by molar-refractivity contribution is 7.09. The van der Waals surface area contributed by atoms with Gasteiger partial charge in [0.15, 0.2) is 0 Å². The Hall–Kier alpha value is -1.86. The van der Waals surface area contributed by atoms with Crippen molar-refractivity contribution in [3.8, 4) is 11.3 Å². The van der Waals surface area contributed by atoms with Crippen LogP contribution in [0.1, 0.15) is 24.3 Å². The topological polar surface area (TPSA) is 53.4 Å². The maximum absolute atomic E-state index is 13.9. The van der Waals surface area contributed by atoms with Crippen LogP contribution in [0.25, 0.3) is 11.3 Å². The molecule has 0 unspecified atom stereocenters. The number of aromatic nitrogens is 1. The molecular weight excluding hydrogens is 346 g/mol. The Morgan fingerprint density at radius 2 is 2.16 bits per heavy atom. The predicted molar refractivity (Wildman–Crippen MR) is 90.2 cm³/mol. The van der Waals surface area contributed by atoms with Crippen molar-refractivity contribution in [2.45, 2.75) is 25.8 Å². The first-order valence-corrected chi connectivity index (χ1v) is 9.22. The quantitative estimate of drug-likeness (QED) is 0.897. The molecule has 0 amide bonds. The number of carbonyl (C=O) groups is 1. The Kier molecular flexibility index (Phi) is 4.08. The van der Waals surface area contributed by atoms with Gasteiger partial charge in [-0.2, -0.15) is 0 Å². The van der Waals surface area contributed by atoms with Gasteiger partial charge in [-0.1, -0.05) is 12.5 Å². The molecule has 2 atom stereocenters. The van der Waals surface area contributed by atoms with Crippen molar-refractivity contribution in [2.75, 3.05) is 13.1 Å². The third kappa shape index (κ3) is 2.75. The van der Waals surface area contributed by atoms with Gasteiger partial charge in [0.2, 0.25) is 0 Å². The maximum Gasteiger partial charge on any atom is 0.311 e. The first-order chi connectivity index (χ1) is 12.0. The largest absolute Gasteiger partial charge is 0.481 e. The highest BCUT2D eigenvalue weighted by atomic mass is 32.1. The molecule has 1 aromatic carbocycles. The van der Waals surface area contributed by atoms with E-state index in [1.807, 2.05) is 0 Å². The van der Waals surface area contributed by atoms with Gasteiger partial charge in [0, 0.05) is 18.5 Å². The van der Waals surface area contributed by atoms with Crippen molar-refractivity contribution < 1.29 is 18.7 Å². The number of thiazole rings is 1. The molecule has 2 aromatic rings. The summed E-state index contributed by atoms with van der Waals surface area (Å²) in [5, 5.41) is 12.1. The average molecular weight is 364 g/mol. The molecule has 1 aromatic heterocycles. The molecule has 2 aliphatic rings. The third-order valence-electron chi connectivity index (χ3n) is 5.50. The smallest absolute Gasteiger partial charge is 0.311 e. The van der Waals surface area contributed by atoms with Crippen molar-refractivity contribution in [1.29, 1.82) is 0 Å². The van der Waals surface area contributed by atoms with Gasteiger partial charge in [-0.05, 0) is 30.9 Å². The summed E-state index contributed by atoms with van der Waals surface area (Å²) in [5.41, 5.74) is -0.439. The molecule has 1 saturated heterocycles. The van der Waals surface area contributed by atoms with Crippen LogP contribution in [0.5, 0.6) is 0 Å². The van der Waals surface area contributed by atoms with Crippen LogP contribution in [0.4, 0.5) is 8.78 Å². The predicted octanol–water partition coefficient (Wildman–Crippen LogP) is 3.78. The Labute approximate surface area is 148 Å². The summed E-state index contributed by atoms with van der Waals surface area (Å²) in [4.78, 5) is 18.2. The Morgan fingerprint density at radius 1 is 1.40 bits per heavy atom. The fourth-order valence-corrected chi connectivity index (χ4v) is 5.12. The summed E-state index contributed by atoms with van der Waals surface area (Å²) in [6, 6.07) is 3.77. The number of nitrogens with zero attached hydrogens (tertiary/aromatic N) is 2. The first-order valence-electron chi connectivity index (χ1n) is 8.34. The second-order valence-electron chi connectivity index (χ2n) is 6.94. The van der Waals surface area contributed by atoms with E-state index < -0.39 is 23.0 Å². The second kappa shape index (κ2) is 6.14. The van der Waals surface area contributed by atoms with Gasteiger partial charge < -0.3 is 5.11 Å². The van der Waals surface area contributed by atoms with Gasteiger partial charge in [-0.25, -0.2) is 13.8 Å². The van der Waals surface area contributed by atoms with E-state index in [0.717, 1.165) is 30.8 Å². The summed E-state index contributed by atoms with van der Waals surface area (Å²) >= 11 is 1.35. The molecule has 1 aliphatic heterocycles. The molecule has 0 radical (unpaired) electrons. The molecule has 2 heterocycles. The van der Waals surface area contributed by atoms with Crippen molar-refractivity contribution in [3.05, 3.63) is 40.2 Å². The number of fused-ring (bicyclic) bond motifs is 1. The summed E-state index contributed by atoms with van der Waals surface area (Å²) in [5.74, 6) is -1.77.